The van der Waals surface area contributed by atoms with Gasteiger partial charge in [-0.15, -0.1) is 0 Å². The molecule has 0 fully saturated rings. The Morgan fingerprint density at radius 2 is 1.90 bits per heavy atom. The highest BCUT2D eigenvalue weighted by molar-refractivity contribution is 5.81. The lowest BCUT2D eigenvalue weighted by atomic mass is 9.93. The van der Waals surface area contributed by atoms with E-state index in [1.165, 1.54) is 0 Å². The molecule has 2 aliphatic carbocycles. The van der Waals surface area contributed by atoms with Gasteiger partial charge in [0.2, 0.25) is 5.91 Å². The highest BCUT2D eigenvalue weighted by Gasteiger charge is 2.36. The molecule has 0 saturated carbocycles. The van der Waals surface area contributed by atoms with Crippen LogP contribution >= 0.6 is 0 Å². The summed E-state index contributed by atoms with van der Waals surface area (Å²) in [4.78, 5) is 23.7. The van der Waals surface area contributed by atoms with Crippen molar-refractivity contribution in [2.75, 3.05) is 0 Å². The van der Waals surface area contributed by atoms with E-state index in [1.807, 2.05) is 24.3 Å². The van der Waals surface area contributed by atoms with E-state index < -0.39 is 11.9 Å². The predicted molar refractivity (Wildman–Crippen MR) is 78.8 cm³/mol. The number of carboxylic acid groups (broad SMARTS) is 1. The molecule has 2 aliphatic rings. The van der Waals surface area contributed by atoms with Gasteiger partial charge in [0.15, 0.2) is 0 Å². The molecule has 0 bridgehead atoms. The van der Waals surface area contributed by atoms with Crippen molar-refractivity contribution in [3.63, 3.8) is 0 Å². The maximum Gasteiger partial charge on any atom is 0.311 e. The minimum absolute atomic E-state index is 0.0195. The third-order valence-electron chi connectivity index (χ3n) is 4.47. The summed E-state index contributed by atoms with van der Waals surface area (Å²) in [6.07, 6.45) is 7.20. The number of nitrogens with one attached hydrogen (secondary N) is 1. The van der Waals surface area contributed by atoms with Gasteiger partial charge in [-0.2, -0.15) is 0 Å². The van der Waals surface area contributed by atoms with Gasteiger partial charge in [-0.25, -0.2) is 0 Å². The molecule has 0 heterocycles. The van der Waals surface area contributed by atoms with Crippen LogP contribution in [-0.4, -0.2) is 17.0 Å². The molecule has 0 aromatic heterocycles. The third kappa shape index (κ3) is 2.71. The van der Waals surface area contributed by atoms with E-state index >= 15 is 0 Å². The SMILES string of the molecule is O=C(NC1CC(C(=O)O)c2ccccc21)C1CC=CCC1. The van der Waals surface area contributed by atoms with Crippen LogP contribution in [0.2, 0.25) is 0 Å². The highest BCUT2D eigenvalue weighted by Crippen LogP contribution is 2.40. The Hall–Kier alpha value is -2.10. The largest absolute Gasteiger partial charge is 0.481 e. The van der Waals surface area contributed by atoms with Crippen molar-refractivity contribution in [1.29, 1.82) is 0 Å². The first-order valence-corrected chi connectivity index (χ1v) is 7.44. The fourth-order valence-corrected chi connectivity index (χ4v) is 3.33. The van der Waals surface area contributed by atoms with Crippen molar-refractivity contribution >= 4 is 11.9 Å². The zero-order valence-electron chi connectivity index (χ0n) is 11.8. The number of aliphatic carboxylic acids is 1. The van der Waals surface area contributed by atoms with Crippen LogP contribution in [0.4, 0.5) is 0 Å². The van der Waals surface area contributed by atoms with Crippen LogP contribution in [0, 0.1) is 5.92 Å². The van der Waals surface area contributed by atoms with E-state index in [0.29, 0.717) is 6.42 Å². The summed E-state index contributed by atoms with van der Waals surface area (Å²) in [7, 11) is 0. The molecule has 3 rings (SSSR count). The number of carbonyl (C=O) groups is 2. The zero-order chi connectivity index (χ0) is 14.8. The minimum atomic E-state index is -0.820. The fourth-order valence-electron chi connectivity index (χ4n) is 3.33. The minimum Gasteiger partial charge on any atom is -0.481 e. The Balaban J connectivity index is 1.76. The van der Waals surface area contributed by atoms with Gasteiger partial charge in [0.25, 0.3) is 0 Å². The van der Waals surface area contributed by atoms with E-state index in [2.05, 4.69) is 17.5 Å². The van der Waals surface area contributed by atoms with Crippen molar-refractivity contribution < 1.29 is 14.7 Å². The second-order valence-electron chi connectivity index (χ2n) is 5.80. The summed E-state index contributed by atoms with van der Waals surface area (Å²) in [6, 6.07) is 7.34. The summed E-state index contributed by atoms with van der Waals surface area (Å²) in [6.45, 7) is 0. The summed E-state index contributed by atoms with van der Waals surface area (Å²) >= 11 is 0. The lowest BCUT2D eigenvalue weighted by Gasteiger charge is -2.21. The molecule has 0 radical (unpaired) electrons. The van der Waals surface area contributed by atoms with Crippen molar-refractivity contribution in [2.45, 2.75) is 37.6 Å². The molecule has 3 unspecified atom stereocenters. The Bertz CT molecular complexity index is 593. The molecule has 4 heteroatoms. The standard InChI is InChI=1S/C17H19NO3/c19-16(11-6-2-1-3-7-11)18-15-10-14(17(20)21)12-8-4-5-9-13(12)15/h1-2,4-5,8-9,11,14-15H,3,6-7,10H2,(H,18,19)(H,20,21). The van der Waals surface area contributed by atoms with Crippen LogP contribution in [0.5, 0.6) is 0 Å². The average Bonchev–Trinajstić information content (AvgIpc) is 2.87. The van der Waals surface area contributed by atoms with Gasteiger partial charge in [0, 0.05) is 5.92 Å². The maximum absolute atomic E-state index is 12.3. The Morgan fingerprint density at radius 3 is 2.57 bits per heavy atom. The van der Waals surface area contributed by atoms with Crippen LogP contribution in [0.25, 0.3) is 0 Å². The van der Waals surface area contributed by atoms with E-state index in [0.717, 1.165) is 30.4 Å². The summed E-state index contributed by atoms with van der Waals surface area (Å²) < 4.78 is 0. The molecule has 2 N–H and O–H groups in total. The van der Waals surface area contributed by atoms with Gasteiger partial charge < -0.3 is 10.4 Å². The molecule has 0 saturated heterocycles. The number of fused-ring (bicyclic) bond motifs is 1. The van der Waals surface area contributed by atoms with E-state index in [-0.39, 0.29) is 17.9 Å². The zero-order valence-corrected chi connectivity index (χ0v) is 11.8. The van der Waals surface area contributed by atoms with Crippen LogP contribution < -0.4 is 5.32 Å². The molecule has 1 amide bonds. The molecule has 1 aromatic rings. The van der Waals surface area contributed by atoms with Gasteiger partial charge in [0.05, 0.1) is 12.0 Å². The Morgan fingerprint density at radius 1 is 1.14 bits per heavy atom. The first-order chi connectivity index (χ1) is 10.2. The van der Waals surface area contributed by atoms with Crippen molar-refractivity contribution in [2.24, 2.45) is 5.92 Å². The molecule has 0 spiro atoms. The molecule has 1 aromatic carbocycles. The van der Waals surface area contributed by atoms with Gasteiger partial charge in [-0.3, -0.25) is 9.59 Å². The number of allylic oxidation sites excluding steroid dienone is 2. The number of hydrogen-bond donors (Lipinski definition) is 2. The van der Waals surface area contributed by atoms with Crippen LogP contribution in [0.1, 0.15) is 48.8 Å². The molecule has 110 valence electrons. The molecule has 21 heavy (non-hydrogen) atoms. The first kappa shape index (κ1) is 13.9. The molecular formula is C17H19NO3. The molecular weight excluding hydrogens is 266 g/mol. The summed E-state index contributed by atoms with van der Waals surface area (Å²) in [5, 5.41) is 12.4. The lowest BCUT2D eigenvalue weighted by molar-refractivity contribution is -0.139. The number of carbonyl (C=O) groups excluding carboxylic acids is 1. The van der Waals surface area contributed by atoms with E-state index in [9.17, 15) is 14.7 Å². The van der Waals surface area contributed by atoms with Crippen molar-refractivity contribution in [3.8, 4) is 0 Å². The van der Waals surface area contributed by atoms with Crippen molar-refractivity contribution in [3.05, 3.63) is 47.5 Å². The number of carboxylic acids is 1. The summed E-state index contributed by atoms with van der Waals surface area (Å²) in [5.41, 5.74) is 1.78. The van der Waals surface area contributed by atoms with Crippen LogP contribution in [0.3, 0.4) is 0 Å². The average molecular weight is 285 g/mol. The summed E-state index contributed by atoms with van der Waals surface area (Å²) in [5.74, 6) is -1.27. The highest BCUT2D eigenvalue weighted by atomic mass is 16.4. The van der Waals surface area contributed by atoms with Gasteiger partial charge in [-0.05, 0) is 36.8 Å². The van der Waals surface area contributed by atoms with Crippen molar-refractivity contribution in [1.82, 2.24) is 5.32 Å². The van der Waals surface area contributed by atoms with Crippen LogP contribution in [0.15, 0.2) is 36.4 Å². The predicted octanol–water partition coefficient (Wildman–Crippen LogP) is 2.77. The normalized spacial score (nSPS) is 27.1. The van der Waals surface area contributed by atoms with E-state index in [4.69, 9.17) is 0 Å². The Kier molecular flexibility index (Phi) is 3.78. The van der Waals surface area contributed by atoms with Crippen LogP contribution in [-0.2, 0) is 9.59 Å². The lowest BCUT2D eigenvalue weighted by Crippen LogP contribution is -2.33. The molecule has 0 aliphatic heterocycles. The second kappa shape index (κ2) is 5.72. The number of hydrogen-bond acceptors (Lipinski definition) is 2. The van der Waals surface area contributed by atoms with Gasteiger partial charge in [-0.1, -0.05) is 36.4 Å². The monoisotopic (exact) mass is 285 g/mol. The third-order valence-corrected chi connectivity index (χ3v) is 4.47. The fraction of sp³-hybridized carbons (Fsp3) is 0.412. The number of benzene rings is 1. The molecule has 3 atom stereocenters. The maximum atomic E-state index is 12.3. The first-order valence-electron chi connectivity index (χ1n) is 7.44. The van der Waals surface area contributed by atoms with Gasteiger partial charge >= 0.3 is 5.97 Å². The Labute approximate surface area is 123 Å². The molecule has 4 nitrogen and oxygen atoms in total. The smallest absolute Gasteiger partial charge is 0.311 e. The number of amides is 1. The quantitative estimate of drug-likeness (QED) is 0.839. The van der Waals surface area contributed by atoms with E-state index in [1.54, 1.807) is 0 Å². The second-order valence-corrected chi connectivity index (χ2v) is 5.80. The van der Waals surface area contributed by atoms with Gasteiger partial charge in [0.1, 0.15) is 0 Å². The number of rotatable bonds is 3. The topological polar surface area (TPSA) is 66.4 Å².